The van der Waals surface area contributed by atoms with E-state index in [2.05, 4.69) is 9.97 Å². The summed E-state index contributed by atoms with van der Waals surface area (Å²) in [5, 5.41) is 0.853. The van der Waals surface area contributed by atoms with E-state index in [-0.39, 0.29) is 17.1 Å². The molecule has 7 nitrogen and oxygen atoms in total. The Hall–Kier alpha value is -2.42. The molecule has 0 aliphatic rings. The number of carbonyl (C=O) groups excluding carboxylic acids is 2. The number of ketones is 2. The zero-order valence-electron chi connectivity index (χ0n) is 18.7. The molecule has 1 atom stereocenters. The Morgan fingerprint density at radius 3 is 2.66 bits per heavy atom. The number of aromatic amines is 1. The summed E-state index contributed by atoms with van der Waals surface area (Å²) in [7, 11) is 1.61. The molecule has 0 fully saturated rings. The number of hydrogen-bond acceptors (Lipinski definition) is 6. The van der Waals surface area contributed by atoms with E-state index in [4.69, 9.17) is 16.3 Å². The molecule has 1 unspecified atom stereocenters. The van der Waals surface area contributed by atoms with E-state index in [0.717, 1.165) is 0 Å². The number of nitrogens with zero attached hydrogens (tertiary/aromatic N) is 2. The molecule has 2 aromatic heterocycles. The van der Waals surface area contributed by atoms with Gasteiger partial charge in [0.05, 0.1) is 21.8 Å². The molecule has 0 radical (unpaired) electrons. The topological polar surface area (TPSA) is 94.1 Å². The molecule has 0 saturated heterocycles. The van der Waals surface area contributed by atoms with Gasteiger partial charge >= 0.3 is 0 Å². The van der Waals surface area contributed by atoms with Gasteiger partial charge in [0.25, 0.3) is 5.56 Å². The average Bonchev–Trinajstić information content (AvgIpc) is 3.03. The first-order chi connectivity index (χ1) is 15.1. The third kappa shape index (κ3) is 4.82. The summed E-state index contributed by atoms with van der Waals surface area (Å²) >= 11 is 7.32. The van der Waals surface area contributed by atoms with Gasteiger partial charge in [-0.3, -0.25) is 19.0 Å². The zero-order chi connectivity index (χ0) is 23.6. The van der Waals surface area contributed by atoms with Crippen LogP contribution in [0.15, 0.2) is 28.2 Å². The van der Waals surface area contributed by atoms with Crippen LogP contribution in [0.3, 0.4) is 0 Å². The van der Waals surface area contributed by atoms with E-state index in [9.17, 15) is 14.4 Å². The molecule has 2 heterocycles. The number of hydrogen-bond donors (Lipinski definition) is 1. The third-order valence-corrected chi connectivity index (χ3v) is 6.63. The number of thioether (sulfide) groups is 1. The predicted octanol–water partition coefficient (Wildman–Crippen LogP) is 4.60. The Morgan fingerprint density at radius 1 is 1.31 bits per heavy atom. The van der Waals surface area contributed by atoms with Gasteiger partial charge in [-0.15, -0.1) is 0 Å². The lowest BCUT2D eigenvalue weighted by molar-refractivity contribution is 0.0988. The van der Waals surface area contributed by atoms with Gasteiger partial charge in [-0.05, 0) is 57.9 Å². The van der Waals surface area contributed by atoms with E-state index < -0.39 is 5.25 Å². The maximum atomic E-state index is 13.2. The van der Waals surface area contributed by atoms with Gasteiger partial charge in [0.2, 0.25) is 0 Å². The van der Waals surface area contributed by atoms with Gasteiger partial charge in [-0.1, -0.05) is 23.4 Å². The van der Waals surface area contributed by atoms with Crippen molar-refractivity contribution in [3.63, 3.8) is 0 Å². The number of nitrogens with one attached hydrogen (secondary N) is 1. The number of Topliss-reactive ketones (excluding diaryl/α,β-unsaturated/α-hetero) is 2. The Balaban J connectivity index is 2.00. The summed E-state index contributed by atoms with van der Waals surface area (Å²) in [4.78, 5) is 46.0. The molecule has 0 amide bonds. The van der Waals surface area contributed by atoms with Crippen LogP contribution in [0, 0.1) is 13.8 Å². The summed E-state index contributed by atoms with van der Waals surface area (Å²) in [5.74, 6) is -0.248. The van der Waals surface area contributed by atoms with Crippen molar-refractivity contribution in [2.45, 2.75) is 51.1 Å². The van der Waals surface area contributed by atoms with Gasteiger partial charge in [0, 0.05) is 36.5 Å². The van der Waals surface area contributed by atoms with Crippen molar-refractivity contribution in [3.8, 4) is 0 Å². The summed E-state index contributed by atoms with van der Waals surface area (Å²) in [5.41, 5.74) is 2.56. The molecule has 1 aromatic carbocycles. The molecule has 3 aromatic rings. The maximum absolute atomic E-state index is 13.2. The fraction of sp³-hybridized carbons (Fsp3) is 0.391. The minimum Gasteiger partial charge on any atom is -0.385 e. The Bertz CT molecular complexity index is 1250. The van der Waals surface area contributed by atoms with Gasteiger partial charge in [0.15, 0.2) is 16.7 Å². The van der Waals surface area contributed by atoms with Crippen molar-refractivity contribution in [3.05, 3.63) is 56.1 Å². The van der Waals surface area contributed by atoms with Crippen molar-refractivity contribution in [2.75, 3.05) is 13.7 Å². The molecule has 3 rings (SSSR count). The number of fused-ring (bicyclic) bond motifs is 1. The van der Waals surface area contributed by atoms with Crippen LogP contribution in [0.25, 0.3) is 10.9 Å². The Morgan fingerprint density at radius 2 is 2.03 bits per heavy atom. The molecule has 0 bridgehead atoms. The largest absolute Gasteiger partial charge is 0.385 e. The molecule has 0 saturated carbocycles. The minimum atomic E-state index is -0.538. The first-order valence-electron chi connectivity index (χ1n) is 10.3. The van der Waals surface area contributed by atoms with Crippen LogP contribution in [0.5, 0.6) is 0 Å². The molecule has 0 aliphatic heterocycles. The van der Waals surface area contributed by atoms with E-state index in [1.54, 1.807) is 50.6 Å². The summed E-state index contributed by atoms with van der Waals surface area (Å²) in [6.07, 6.45) is 0.629. The normalized spacial score (nSPS) is 12.3. The summed E-state index contributed by atoms with van der Waals surface area (Å²) in [6.45, 7) is 7.71. The Labute approximate surface area is 195 Å². The first-order valence-corrected chi connectivity index (χ1v) is 11.5. The molecular weight excluding hydrogens is 450 g/mol. The smallest absolute Gasteiger partial charge is 0.262 e. The van der Waals surface area contributed by atoms with Gasteiger partial charge in [-0.25, -0.2) is 4.98 Å². The van der Waals surface area contributed by atoms with Crippen molar-refractivity contribution >= 4 is 45.8 Å². The highest BCUT2D eigenvalue weighted by Gasteiger charge is 2.26. The van der Waals surface area contributed by atoms with Crippen LogP contribution in [0.1, 0.15) is 52.4 Å². The van der Waals surface area contributed by atoms with E-state index >= 15 is 0 Å². The average molecular weight is 476 g/mol. The van der Waals surface area contributed by atoms with Gasteiger partial charge < -0.3 is 9.72 Å². The van der Waals surface area contributed by atoms with Gasteiger partial charge in [-0.2, -0.15) is 0 Å². The fourth-order valence-electron chi connectivity index (χ4n) is 3.77. The number of aromatic nitrogens is 3. The van der Waals surface area contributed by atoms with Crippen LogP contribution < -0.4 is 5.56 Å². The number of H-pyrrole nitrogens is 1. The highest BCUT2D eigenvalue weighted by Crippen LogP contribution is 2.28. The highest BCUT2D eigenvalue weighted by atomic mass is 35.5. The van der Waals surface area contributed by atoms with E-state index in [0.29, 0.717) is 63.2 Å². The second-order valence-electron chi connectivity index (χ2n) is 7.66. The lowest BCUT2D eigenvalue weighted by atomic mass is 10.0. The molecule has 170 valence electrons. The van der Waals surface area contributed by atoms with Crippen LogP contribution in [0.2, 0.25) is 5.02 Å². The predicted molar refractivity (Wildman–Crippen MR) is 127 cm³/mol. The quantitative estimate of drug-likeness (QED) is 0.210. The number of ether oxygens (including phenoxy) is 1. The van der Waals surface area contributed by atoms with Gasteiger partial charge in [0.1, 0.15) is 0 Å². The van der Waals surface area contributed by atoms with Crippen molar-refractivity contribution in [1.82, 2.24) is 14.5 Å². The SMILES string of the molecule is COCCCn1c(SC(C)C(=O)c2[nH]c(C)c(C(C)=O)c2C)nc2cc(Cl)ccc2c1=O. The second-order valence-corrected chi connectivity index (χ2v) is 9.41. The van der Waals surface area contributed by atoms with Crippen molar-refractivity contribution < 1.29 is 14.3 Å². The zero-order valence-corrected chi connectivity index (χ0v) is 20.3. The monoisotopic (exact) mass is 475 g/mol. The summed E-state index contributed by atoms with van der Waals surface area (Å²) < 4.78 is 6.70. The van der Waals surface area contributed by atoms with Crippen LogP contribution >= 0.6 is 23.4 Å². The third-order valence-electron chi connectivity index (χ3n) is 5.30. The standard InChI is InChI=1S/C23H26ClN3O4S/c1-12-19(14(3)28)13(2)25-20(12)21(29)15(4)32-23-26-18-11-16(24)7-8-17(18)22(30)27(23)9-6-10-31-5/h7-8,11,15,25H,6,9-10H2,1-5H3. The first kappa shape index (κ1) is 24.2. The highest BCUT2D eigenvalue weighted by molar-refractivity contribution is 8.00. The molecule has 0 spiro atoms. The van der Waals surface area contributed by atoms with E-state index in [1.165, 1.54) is 18.7 Å². The molecule has 0 aliphatic carbocycles. The molecule has 32 heavy (non-hydrogen) atoms. The van der Waals surface area contributed by atoms with Crippen molar-refractivity contribution in [1.29, 1.82) is 0 Å². The van der Waals surface area contributed by atoms with E-state index in [1.807, 2.05) is 0 Å². The molecule has 9 heteroatoms. The number of rotatable bonds is 9. The van der Waals surface area contributed by atoms with Crippen LogP contribution in [0.4, 0.5) is 0 Å². The van der Waals surface area contributed by atoms with Crippen LogP contribution in [-0.4, -0.2) is 45.1 Å². The van der Waals surface area contributed by atoms with Crippen molar-refractivity contribution in [2.24, 2.45) is 0 Å². The molecule has 1 N–H and O–H groups in total. The maximum Gasteiger partial charge on any atom is 0.262 e. The molecular formula is C23H26ClN3O4S. The van der Waals surface area contributed by atoms with Crippen LogP contribution in [-0.2, 0) is 11.3 Å². The second kappa shape index (κ2) is 10.0. The lowest BCUT2D eigenvalue weighted by Gasteiger charge is -2.16. The minimum absolute atomic E-state index is 0.0873. The summed E-state index contributed by atoms with van der Waals surface area (Å²) in [6, 6.07) is 4.97. The number of aryl methyl sites for hydroxylation is 1. The number of halogens is 1. The number of benzene rings is 1. The number of methoxy groups -OCH3 is 1. The fourth-order valence-corrected chi connectivity index (χ4v) is 4.93. The lowest BCUT2D eigenvalue weighted by Crippen LogP contribution is -2.26. The Kier molecular flexibility index (Phi) is 7.59. The number of carbonyl (C=O) groups is 2.